The van der Waals surface area contributed by atoms with Crippen LogP contribution in [0.4, 0.5) is 0 Å². The molecule has 0 bridgehead atoms. The number of hydrogen-bond donors (Lipinski definition) is 2. The van der Waals surface area contributed by atoms with Gasteiger partial charge in [0.05, 0.1) is 12.4 Å². The standard InChI is InChI=1S/C14H22N2O3/c1-10(4-5-11-3-2-8-18-11)16-14(17)13-7-6-12(9-15)19-13/h2-3,8,10,12-13H,4-7,9,15H2,1H3,(H,16,17). The Bertz CT molecular complexity index is 391. The molecule has 0 spiro atoms. The van der Waals surface area contributed by atoms with Crippen LogP contribution < -0.4 is 11.1 Å². The molecule has 0 aliphatic carbocycles. The average Bonchev–Trinajstić information content (AvgIpc) is 3.07. The van der Waals surface area contributed by atoms with Crippen molar-refractivity contribution in [3.05, 3.63) is 24.2 Å². The topological polar surface area (TPSA) is 77.5 Å². The van der Waals surface area contributed by atoms with Crippen molar-refractivity contribution < 1.29 is 13.9 Å². The first kappa shape index (κ1) is 14.1. The van der Waals surface area contributed by atoms with Gasteiger partial charge in [0.2, 0.25) is 5.91 Å². The van der Waals surface area contributed by atoms with Crippen LogP contribution in [-0.2, 0) is 16.0 Å². The molecule has 1 aromatic rings. The number of amides is 1. The van der Waals surface area contributed by atoms with Crippen LogP contribution in [0.15, 0.2) is 22.8 Å². The molecule has 1 aliphatic heterocycles. The third-order valence-corrected chi connectivity index (χ3v) is 3.46. The van der Waals surface area contributed by atoms with Crippen LogP contribution in [0, 0.1) is 0 Å². The highest BCUT2D eigenvalue weighted by Gasteiger charge is 2.30. The van der Waals surface area contributed by atoms with Gasteiger partial charge in [-0.2, -0.15) is 0 Å². The van der Waals surface area contributed by atoms with E-state index in [0.29, 0.717) is 6.54 Å². The first-order valence-corrected chi connectivity index (χ1v) is 6.87. The molecule has 1 fully saturated rings. The largest absolute Gasteiger partial charge is 0.469 e. The molecule has 1 amide bonds. The number of furan rings is 1. The van der Waals surface area contributed by atoms with Gasteiger partial charge >= 0.3 is 0 Å². The molecule has 0 saturated carbocycles. The number of carbonyl (C=O) groups excluding carboxylic acids is 1. The Morgan fingerprint density at radius 2 is 2.42 bits per heavy atom. The summed E-state index contributed by atoms with van der Waals surface area (Å²) in [6, 6.07) is 3.93. The van der Waals surface area contributed by atoms with Crippen molar-refractivity contribution in [2.45, 2.75) is 50.9 Å². The Balaban J connectivity index is 1.70. The van der Waals surface area contributed by atoms with E-state index in [-0.39, 0.29) is 24.2 Å². The number of carbonyl (C=O) groups is 1. The average molecular weight is 266 g/mol. The highest BCUT2D eigenvalue weighted by molar-refractivity contribution is 5.81. The van der Waals surface area contributed by atoms with Gasteiger partial charge in [0.1, 0.15) is 11.9 Å². The Labute approximate surface area is 113 Å². The molecule has 106 valence electrons. The van der Waals surface area contributed by atoms with Gasteiger partial charge in [0.15, 0.2) is 0 Å². The van der Waals surface area contributed by atoms with E-state index in [1.54, 1.807) is 6.26 Å². The molecule has 0 radical (unpaired) electrons. The van der Waals surface area contributed by atoms with Gasteiger partial charge in [-0.3, -0.25) is 4.79 Å². The van der Waals surface area contributed by atoms with E-state index in [1.807, 2.05) is 19.1 Å². The van der Waals surface area contributed by atoms with Gasteiger partial charge in [-0.1, -0.05) is 0 Å². The summed E-state index contributed by atoms with van der Waals surface area (Å²) in [6.07, 6.45) is 4.68. The first-order chi connectivity index (χ1) is 9.19. The zero-order valence-electron chi connectivity index (χ0n) is 11.3. The lowest BCUT2D eigenvalue weighted by Crippen LogP contribution is -2.40. The quantitative estimate of drug-likeness (QED) is 0.811. The lowest BCUT2D eigenvalue weighted by molar-refractivity contribution is -0.132. The van der Waals surface area contributed by atoms with Crippen molar-refractivity contribution in [3.8, 4) is 0 Å². The van der Waals surface area contributed by atoms with Crippen molar-refractivity contribution in [2.75, 3.05) is 6.54 Å². The molecule has 2 rings (SSSR count). The Morgan fingerprint density at radius 1 is 1.58 bits per heavy atom. The van der Waals surface area contributed by atoms with Crippen LogP contribution in [0.1, 0.15) is 31.9 Å². The predicted octanol–water partition coefficient (Wildman–Crippen LogP) is 1.22. The predicted molar refractivity (Wildman–Crippen MR) is 71.6 cm³/mol. The van der Waals surface area contributed by atoms with E-state index in [1.165, 1.54) is 0 Å². The summed E-state index contributed by atoms with van der Waals surface area (Å²) in [5.74, 6) is 0.921. The van der Waals surface area contributed by atoms with Crippen molar-refractivity contribution >= 4 is 5.91 Å². The van der Waals surface area contributed by atoms with E-state index >= 15 is 0 Å². The van der Waals surface area contributed by atoms with Gasteiger partial charge in [-0.25, -0.2) is 0 Å². The summed E-state index contributed by atoms with van der Waals surface area (Å²) in [5.41, 5.74) is 5.53. The fraction of sp³-hybridized carbons (Fsp3) is 0.643. The molecule has 3 unspecified atom stereocenters. The van der Waals surface area contributed by atoms with Crippen molar-refractivity contribution in [2.24, 2.45) is 5.73 Å². The van der Waals surface area contributed by atoms with Crippen molar-refractivity contribution in [1.82, 2.24) is 5.32 Å². The molecular formula is C14H22N2O3. The van der Waals surface area contributed by atoms with Crippen LogP contribution in [0.25, 0.3) is 0 Å². The van der Waals surface area contributed by atoms with E-state index in [2.05, 4.69) is 5.32 Å². The molecule has 0 aromatic carbocycles. The monoisotopic (exact) mass is 266 g/mol. The lowest BCUT2D eigenvalue weighted by atomic mass is 10.1. The fourth-order valence-corrected chi connectivity index (χ4v) is 2.29. The minimum atomic E-state index is -0.334. The van der Waals surface area contributed by atoms with Gasteiger partial charge in [0.25, 0.3) is 0 Å². The Kier molecular flexibility index (Phi) is 4.99. The second-order valence-corrected chi connectivity index (χ2v) is 5.09. The maximum atomic E-state index is 12.0. The molecule has 3 atom stereocenters. The first-order valence-electron chi connectivity index (χ1n) is 6.87. The van der Waals surface area contributed by atoms with E-state index in [4.69, 9.17) is 14.9 Å². The van der Waals surface area contributed by atoms with Crippen LogP contribution in [0.5, 0.6) is 0 Å². The normalized spacial score (nSPS) is 24.3. The highest BCUT2D eigenvalue weighted by atomic mass is 16.5. The van der Waals surface area contributed by atoms with Gasteiger partial charge in [-0.15, -0.1) is 0 Å². The molecule has 1 aliphatic rings. The van der Waals surface area contributed by atoms with Crippen LogP contribution in [-0.4, -0.2) is 30.7 Å². The number of rotatable bonds is 6. The number of ether oxygens (including phenoxy) is 1. The van der Waals surface area contributed by atoms with E-state index in [9.17, 15) is 4.79 Å². The van der Waals surface area contributed by atoms with Gasteiger partial charge < -0.3 is 20.2 Å². The summed E-state index contributed by atoms with van der Waals surface area (Å²) in [6.45, 7) is 2.48. The number of aryl methyl sites for hydroxylation is 1. The van der Waals surface area contributed by atoms with Crippen LogP contribution in [0.3, 0.4) is 0 Å². The van der Waals surface area contributed by atoms with E-state index in [0.717, 1.165) is 31.4 Å². The molecule has 1 aromatic heterocycles. The zero-order chi connectivity index (χ0) is 13.7. The maximum Gasteiger partial charge on any atom is 0.249 e. The number of hydrogen-bond acceptors (Lipinski definition) is 4. The molecule has 5 heteroatoms. The molecular weight excluding hydrogens is 244 g/mol. The van der Waals surface area contributed by atoms with E-state index < -0.39 is 0 Å². The third-order valence-electron chi connectivity index (χ3n) is 3.46. The molecule has 5 nitrogen and oxygen atoms in total. The summed E-state index contributed by atoms with van der Waals surface area (Å²) in [7, 11) is 0. The second-order valence-electron chi connectivity index (χ2n) is 5.09. The third kappa shape index (κ3) is 4.08. The highest BCUT2D eigenvalue weighted by Crippen LogP contribution is 2.19. The number of nitrogens with two attached hydrogens (primary N) is 1. The molecule has 19 heavy (non-hydrogen) atoms. The smallest absolute Gasteiger partial charge is 0.249 e. The summed E-state index contributed by atoms with van der Waals surface area (Å²) in [5, 5.41) is 2.98. The Hall–Kier alpha value is -1.33. The fourth-order valence-electron chi connectivity index (χ4n) is 2.29. The molecule has 2 heterocycles. The summed E-state index contributed by atoms with van der Waals surface area (Å²) in [4.78, 5) is 12.0. The zero-order valence-corrected chi connectivity index (χ0v) is 11.3. The van der Waals surface area contributed by atoms with Gasteiger partial charge in [-0.05, 0) is 38.3 Å². The SMILES string of the molecule is CC(CCc1ccco1)NC(=O)C1CCC(CN)O1. The van der Waals surface area contributed by atoms with Gasteiger partial charge in [0, 0.05) is 19.0 Å². The summed E-state index contributed by atoms with van der Waals surface area (Å²) >= 11 is 0. The summed E-state index contributed by atoms with van der Waals surface area (Å²) < 4.78 is 10.8. The van der Waals surface area contributed by atoms with Crippen molar-refractivity contribution in [1.29, 1.82) is 0 Å². The number of nitrogens with one attached hydrogen (secondary N) is 1. The Morgan fingerprint density at radius 3 is 3.05 bits per heavy atom. The maximum absolute atomic E-state index is 12.0. The minimum Gasteiger partial charge on any atom is -0.469 e. The minimum absolute atomic E-state index is 0.0251. The van der Waals surface area contributed by atoms with Crippen LogP contribution in [0.2, 0.25) is 0 Å². The molecule has 3 N–H and O–H groups in total. The lowest BCUT2D eigenvalue weighted by Gasteiger charge is -2.17. The molecule has 1 saturated heterocycles. The van der Waals surface area contributed by atoms with Crippen LogP contribution >= 0.6 is 0 Å². The second kappa shape index (κ2) is 6.73. The van der Waals surface area contributed by atoms with Crippen molar-refractivity contribution in [3.63, 3.8) is 0 Å².